The number of fused-ring (bicyclic) bond motifs is 1. The minimum atomic E-state index is 0.856. The van der Waals surface area contributed by atoms with Gasteiger partial charge in [0.05, 0.1) is 0 Å². The van der Waals surface area contributed by atoms with E-state index in [0.717, 1.165) is 18.9 Å². The minimum Gasteiger partial charge on any atom is -0.289 e. The fourth-order valence-corrected chi connectivity index (χ4v) is 2.60. The van der Waals surface area contributed by atoms with Gasteiger partial charge in [0.2, 0.25) is 0 Å². The van der Waals surface area contributed by atoms with Gasteiger partial charge in [0.1, 0.15) is 0 Å². The van der Waals surface area contributed by atoms with Gasteiger partial charge >= 0.3 is 0 Å². The normalized spacial score (nSPS) is 20.5. The highest BCUT2D eigenvalue weighted by atomic mass is 14.7. The summed E-state index contributed by atoms with van der Waals surface area (Å²) in [5.74, 6) is 0.856. The van der Waals surface area contributed by atoms with Gasteiger partial charge in [-0.15, -0.1) is 0 Å². The summed E-state index contributed by atoms with van der Waals surface area (Å²) < 4.78 is 0. The molecule has 0 bridgehead atoms. The molecule has 0 unspecified atom stereocenters. The van der Waals surface area contributed by atoms with E-state index in [9.17, 15) is 0 Å². The van der Waals surface area contributed by atoms with Gasteiger partial charge in [0, 0.05) is 12.3 Å². The van der Waals surface area contributed by atoms with E-state index < -0.39 is 0 Å². The first-order valence-corrected chi connectivity index (χ1v) is 5.99. The number of rotatable bonds is 1. The summed E-state index contributed by atoms with van der Waals surface area (Å²) in [6, 6.07) is 7.02. The highest BCUT2D eigenvalue weighted by Crippen LogP contribution is 2.37. The van der Waals surface area contributed by atoms with Crippen molar-refractivity contribution >= 4 is 5.71 Å². The number of hydrogen-bond acceptors (Lipinski definition) is 1. The molecule has 2 aliphatic rings. The Hall–Kier alpha value is -1.11. The third-order valence-corrected chi connectivity index (χ3v) is 3.83. The van der Waals surface area contributed by atoms with Crippen molar-refractivity contribution in [2.45, 2.75) is 38.5 Å². The zero-order valence-electron chi connectivity index (χ0n) is 9.29. The van der Waals surface area contributed by atoms with Gasteiger partial charge in [-0.25, -0.2) is 0 Å². The summed E-state index contributed by atoms with van der Waals surface area (Å²) >= 11 is 0. The third-order valence-electron chi connectivity index (χ3n) is 3.83. The molecule has 1 aromatic rings. The Labute approximate surface area is 91.2 Å². The molecule has 1 saturated carbocycles. The molecule has 1 fully saturated rings. The molecule has 0 saturated heterocycles. The molecule has 0 N–H and O–H groups in total. The van der Waals surface area contributed by atoms with E-state index in [1.165, 1.54) is 36.1 Å². The van der Waals surface area contributed by atoms with Gasteiger partial charge < -0.3 is 0 Å². The van der Waals surface area contributed by atoms with Crippen molar-refractivity contribution in [1.82, 2.24) is 0 Å². The molecule has 0 radical (unpaired) electrons. The average Bonchev–Trinajstić information content (AvgIpc) is 2.15. The van der Waals surface area contributed by atoms with Crippen LogP contribution < -0.4 is 0 Å². The van der Waals surface area contributed by atoms with Crippen molar-refractivity contribution < 1.29 is 0 Å². The van der Waals surface area contributed by atoms with Gasteiger partial charge in [0.25, 0.3) is 0 Å². The van der Waals surface area contributed by atoms with Crippen molar-refractivity contribution in [2.75, 3.05) is 6.54 Å². The molecule has 1 heteroatoms. The maximum atomic E-state index is 4.50. The van der Waals surface area contributed by atoms with Crippen LogP contribution in [-0.2, 0) is 6.42 Å². The summed E-state index contributed by atoms with van der Waals surface area (Å²) in [6.07, 6.45) is 5.34. The molecule has 1 aromatic carbocycles. The van der Waals surface area contributed by atoms with Crippen LogP contribution in [-0.4, -0.2) is 12.3 Å². The Balaban J connectivity index is 1.98. The van der Waals surface area contributed by atoms with Crippen molar-refractivity contribution in [2.24, 2.45) is 4.99 Å². The SMILES string of the molecule is CC1=NCCc2cc(C3CCC3)ccc21. The second kappa shape index (κ2) is 3.48. The summed E-state index contributed by atoms with van der Waals surface area (Å²) in [6.45, 7) is 3.11. The standard InChI is InChI=1S/C14H17N/c1-10-14-6-5-12(11-3-2-4-11)9-13(14)7-8-15-10/h5-6,9,11H,2-4,7-8H2,1H3. The molecule has 1 aliphatic carbocycles. The fourth-order valence-electron chi connectivity index (χ4n) is 2.60. The van der Waals surface area contributed by atoms with E-state index in [4.69, 9.17) is 0 Å². The van der Waals surface area contributed by atoms with Crippen LogP contribution in [0.5, 0.6) is 0 Å². The number of nitrogens with zero attached hydrogens (tertiary/aromatic N) is 1. The smallest absolute Gasteiger partial charge is 0.0433 e. The van der Waals surface area contributed by atoms with Crippen molar-refractivity contribution in [3.63, 3.8) is 0 Å². The molecule has 78 valence electrons. The van der Waals surface area contributed by atoms with E-state index >= 15 is 0 Å². The number of benzene rings is 1. The first-order valence-electron chi connectivity index (χ1n) is 5.99. The lowest BCUT2D eigenvalue weighted by Gasteiger charge is -2.27. The van der Waals surface area contributed by atoms with Gasteiger partial charge in [-0.1, -0.05) is 24.6 Å². The number of hydrogen-bond donors (Lipinski definition) is 0. The lowest BCUT2D eigenvalue weighted by atomic mass is 9.78. The van der Waals surface area contributed by atoms with Gasteiger partial charge in [0.15, 0.2) is 0 Å². The zero-order chi connectivity index (χ0) is 10.3. The first-order chi connectivity index (χ1) is 7.34. The molecule has 1 heterocycles. The number of aliphatic imine (C=N–C) groups is 1. The summed E-state index contributed by atoms with van der Waals surface area (Å²) in [4.78, 5) is 4.50. The average molecular weight is 199 g/mol. The molecule has 0 amide bonds. The van der Waals surface area contributed by atoms with Crippen LogP contribution in [0.25, 0.3) is 0 Å². The Morgan fingerprint density at radius 1 is 1.27 bits per heavy atom. The molecule has 1 nitrogen and oxygen atoms in total. The van der Waals surface area contributed by atoms with Crippen LogP contribution in [0.2, 0.25) is 0 Å². The molecule has 1 aliphatic heterocycles. The summed E-state index contributed by atoms with van der Waals surface area (Å²) in [5.41, 5.74) is 5.68. The fraction of sp³-hybridized carbons (Fsp3) is 0.500. The van der Waals surface area contributed by atoms with Crippen LogP contribution in [0.4, 0.5) is 0 Å². The highest BCUT2D eigenvalue weighted by molar-refractivity contribution is 6.00. The van der Waals surface area contributed by atoms with Crippen LogP contribution >= 0.6 is 0 Å². The minimum absolute atomic E-state index is 0.856. The van der Waals surface area contributed by atoms with E-state index in [1.807, 2.05) is 0 Å². The molecule has 0 atom stereocenters. The lowest BCUT2D eigenvalue weighted by molar-refractivity contribution is 0.419. The quantitative estimate of drug-likeness (QED) is 0.658. The van der Waals surface area contributed by atoms with Crippen LogP contribution in [0.3, 0.4) is 0 Å². The van der Waals surface area contributed by atoms with Gasteiger partial charge in [-0.05, 0) is 48.8 Å². The van der Waals surface area contributed by atoms with Crippen LogP contribution in [0.1, 0.15) is 48.8 Å². The van der Waals surface area contributed by atoms with E-state index in [2.05, 4.69) is 30.1 Å². The van der Waals surface area contributed by atoms with Crippen molar-refractivity contribution in [3.8, 4) is 0 Å². The van der Waals surface area contributed by atoms with Crippen molar-refractivity contribution in [1.29, 1.82) is 0 Å². The van der Waals surface area contributed by atoms with E-state index in [0.29, 0.717) is 0 Å². The van der Waals surface area contributed by atoms with Crippen LogP contribution in [0, 0.1) is 0 Å². The molecular formula is C14H17N. The van der Waals surface area contributed by atoms with Gasteiger partial charge in [-0.3, -0.25) is 4.99 Å². The second-order valence-electron chi connectivity index (χ2n) is 4.76. The summed E-state index contributed by atoms with van der Waals surface area (Å²) in [5, 5.41) is 0. The monoisotopic (exact) mass is 199 g/mol. The predicted octanol–water partition coefficient (Wildman–Crippen LogP) is 3.32. The summed E-state index contributed by atoms with van der Waals surface area (Å²) in [7, 11) is 0. The lowest BCUT2D eigenvalue weighted by Crippen LogP contribution is -2.13. The Kier molecular flexibility index (Phi) is 2.12. The topological polar surface area (TPSA) is 12.4 Å². The molecule has 3 rings (SSSR count). The Morgan fingerprint density at radius 3 is 2.87 bits per heavy atom. The van der Waals surface area contributed by atoms with Gasteiger partial charge in [-0.2, -0.15) is 0 Å². The second-order valence-corrected chi connectivity index (χ2v) is 4.76. The Bertz CT molecular complexity index is 413. The first kappa shape index (κ1) is 9.14. The predicted molar refractivity (Wildman–Crippen MR) is 63.8 cm³/mol. The largest absolute Gasteiger partial charge is 0.289 e. The molecule has 15 heavy (non-hydrogen) atoms. The third kappa shape index (κ3) is 1.50. The van der Waals surface area contributed by atoms with E-state index in [-0.39, 0.29) is 0 Å². The molecule has 0 aromatic heterocycles. The highest BCUT2D eigenvalue weighted by Gasteiger charge is 2.21. The molecule has 0 spiro atoms. The van der Waals surface area contributed by atoms with Crippen LogP contribution in [0.15, 0.2) is 23.2 Å². The zero-order valence-corrected chi connectivity index (χ0v) is 9.29. The Morgan fingerprint density at radius 2 is 2.13 bits per heavy atom. The van der Waals surface area contributed by atoms with E-state index in [1.54, 1.807) is 5.56 Å². The maximum absolute atomic E-state index is 4.50. The molecular weight excluding hydrogens is 182 g/mol. The van der Waals surface area contributed by atoms with Crippen molar-refractivity contribution in [3.05, 3.63) is 34.9 Å². The maximum Gasteiger partial charge on any atom is 0.0433 e.